The number of nitrogens with zero attached hydrogens (tertiary/aromatic N) is 1. The first-order valence-corrected chi connectivity index (χ1v) is 7.96. The van der Waals surface area contributed by atoms with E-state index < -0.39 is 6.61 Å². The number of likely N-dealkylation sites (N-methyl/N-ethyl adjacent to an activating group) is 1. The number of ether oxygens (including phenoxy) is 2. The van der Waals surface area contributed by atoms with Gasteiger partial charge in [0.25, 0.3) is 5.91 Å². The molecule has 0 unspecified atom stereocenters. The molecule has 134 valence electrons. The van der Waals surface area contributed by atoms with Crippen LogP contribution >= 0.6 is 23.2 Å². The number of amides is 1. The molecule has 0 spiro atoms. The number of carbonyl (C=O) groups is 1. The summed E-state index contributed by atoms with van der Waals surface area (Å²) in [5, 5.41) is 0.789. The Kier molecular flexibility index (Phi) is 6.84. The minimum absolute atomic E-state index is 0.0634. The normalized spacial score (nSPS) is 10.6. The molecule has 1 amide bonds. The van der Waals surface area contributed by atoms with Crippen molar-refractivity contribution in [2.45, 2.75) is 13.2 Å². The third-order valence-electron chi connectivity index (χ3n) is 3.24. The first kappa shape index (κ1) is 19.3. The lowest BCUT2D eigenvalue weighted by Crippen LogP contribution is -2.31. The highest BCUT2D eigenvalue weighted by atomic mass is 35.5. The maximum absolute atomic E-state index is 12.1. The van der Waals surface area contributed by atoms with Crippen molar-refractivity contribution in [3.63, 3.8) is 0 Å². The predicted molar refractivity (Wildman–Crippen MR) is 91.5 cm³/mol. The molecule has 8 heteroatoms. The molecule has 0 aliphatic carbocycles. The van der Waals surface area contributed by atoms with Crippen LogP contribution in [0.25, 0.3) is 0 Å². The fourth-order valence-corrected chi connectivity index (χ4v) is 2.44. The summed E-state index contributed by atoms with van der Waals surface area (Å²) in [6.45, 7) is -2.76. The minimum Gasteiger partial charge on any atom is -0.482 e. The lowest BCUT2D eigenvalue weighted by molar-refractivity contribution is -0.132. The Labute approximate surface area is 153 Å². The summed E-state index contributed by atoms with van der Waals surface area (Å²) < 4.78 is 33.9. The molecule has 0 aromatic heterocycles. The van der Waals surface area contributed by atoms with Crippen molar-refractivity contribution >= 4 is 29.1 Å². The van der Waals surface area contributed by atoms with Gasteiger partial charge in [0.05, 0.1) is 5.02 Å². The molecule has 4 nitrogen and oxygen atoms in total. The largest absolute Gasteiger partial charge is 0.482 e. The monoisotopic (exact) mass is 389 g/mol. The van der Waals surface area contributed by atoms with Gasteiger partial charge in [0.1, 0.15) is 11.5 Å². The molecule has 0 saturated carbocycles. The van der Waals surface area contributed by atoms with E-state index in [-0.39, 0.29) is 18.3 Å². The van der Waals surface area contributed by atoms with Crippen LogP contribution in [0, 0.1) is 0 Å². The number of rotatable bonds is 7. The van der Waals surface area contributed by atoms with Gasteiger partial charge in [-0.05, 0) is 35.9 Å². The second-order valence-corrected chi connectivity index (χ2v) is 5.98. The third kappa shape index (κ3) is 6.07. The quantitative estimate of drug-likeness (QED) is 0.692. The van der Waals surface area contributed by atoms with Gasteiger partial charge in [-0.1, -0.05) is 35.3 Å². The van der Waals surface area contributed by atoms with E-state index in [1.807, 2.05) is 0 Å². The van der Waals surface area contributed by atoms with E-state index in [0.717, 1.165) is 5.56 Å². The van der Waals surface area contributed by atoms with Gasteiger partial charge >= 0.3 is 6.61 Å². The molecule has 0 bridgehead atoms. The smallest absolute Gasteiger partial charge is 0.387 e. The molecule has 0 aliphatic rings. The van der Waals surface area contributed by atoms with E-state index >= 15 is 0 Å². The van der Waals surface area contributed by atoms with Gasteiger partial charge in [-0.2, -0.15) is 8.78 Å². The summed E-state index contributed by atoms with van der Waals surface area (Å²) in [7, 11) is 1.61. The molecule has 0 radical (unpaired) electrons. The topological polar surface area (TPSA) is 38.8 Å². The van der Waals surface area contributed by atoms with Crippen LogP contribution in [0.3, 0.4) is 0 Å². The molecule has 0 N–H and O–H groups in total. The summed E-state index contributed by atoms with van der Waals surface area (Å²) in [5.41, 5.74) is 0.766. The second kappa shape index (κ2) is 8.87. The molecule has 0 heterocycles. The number of alkyl halides is 2. The number of benzene rings is 2. The zero-order valence-corrected chi connectivity index (χ0v) is 14.7. The van der Waals surface area contributed by atoms with E-state index in [1.54, 1.807) is 31.3 Å². The second-order valence-electron chi connectivity index (χ2n) is 5.14. The zero-order valence-electron chi connectivity index (χ0n) is 13.2. The number of carbonyl (C=O) groups excluding carboxylic acids is 1. The average Bonchev–Trinajstić information content (AvgIpc) is 2.55. The molecule has 0 aliphatic heterocycles. The standard InChI is InChI=1S/C17H15Cl2F2NO3/c1-22(9-11-2-5-13(6-3-11)25-17(20)21)16(23)10-24-15-7-4-12(18)8-14(15)19/h2-8,17H,9-10H2,1H3. The fraction of sp³-hybridized carbons (Fsp3) is 0.235. The fourth-order valence-electron chi connectivity index (χ4n) is 1.98. The number of hydrogen-bond donors (Lipinski definition) is 0. The minimum atomic E-state index is -2.87. The predicted octanol–water partition coefficient (Wildman–Crippen LogP) is 4.63. The first-order chi connectivity index (χ1) is 11.8. The Morgan fingerprint density at radius 1 is 1.16 bits per heavy atom. The van der Waals surface area contributed by atoms with Crippen molar-refractivity contribution in [3.05, 3.63) is 58.1 Å². The molecule has 2 aromatic carbocycles. The Morgan fingerprint density at radius 3 is 2.44 bits per heavy atom. The first-order valence-electron chi connectivity index (χ1n) is 7.20. The van der Waals surface area contributed by atoms with Crippen molar-refractivity contribution in [3.8, 4) is 11.5 Å². The molecular weight excluding hydrogens is 375 g/mol. The van der Waals surface area contributed by atoms with Crippen LogP contribution in [0.1, 0.15) is 5.56 Å². The summed E-state index contributed by atoms with van der Waals surface area (Å²) >= 11 is 11.8. The van der Waals surface area contributed by atoms with Gasteiger partial charge in [-0.3, -0.25) is 4.79 Å². The van der Waals surface area contributed by atoms with Gasteiger partial charge in [0.2, 0.25) is 0 Å². The van der Waals surface area contributed by atoms with Gasteiger partial charge in [-0.25, -0.2) is 0 Å². The summed E-state index contributed by atoms with van der Waals surface area (Å²) in [6, 6.07) is 10.8. The van der Waals surface area contributed by atoms with E-state index in [9.17, 15) is 13.6 Å². The lowest BCUT2D eigenvalue weighted by Gasteiger charge is -2.18. The molecule has 2 rings (SSSR count). The highest BCUT2D eigenvalue weighted by Crippen LogP contribution is 2.27. The number of halogens is 4. The summed E-state index contributed by atoms with van der Waals surface area (Å²) in [4.78, 5) is 13.6. The molecule has 0 atom stereocenters. The highest BCUT2D eigenvalue weighted by molar-refractivity contribution is 6.35. The van der Waals surface area contributed by atoms with Crippen molar-refractivity contribution in [2.24, 2.45) is 0 Å². The van der Waals surface area contributed by atoms with Crippen LogP contribution in [-0.4, -0.2) is 31.1 Å². The van der Waals surface area contributed by atoms with Crippen LogP contribution in [0.2, 0.25) is 10.0 Å². The zero-order chi connectivity index (χ0) is 18.4. The maximum atomic E-state index is 12.1. The summed E-state index contributed by atoms with van der Waals surface area (Å²) in [5.74, 6) is 0.161. The SMILES string of the molecule is CN(Cc1ccc(OC(F)F)cc1)C(=O)COc1ccc(Cl)cc1Cl. The Balaban J connectivity index is 1.87. The number of hydrogen-bond acceptors (Lipinski definition) is 3. The average molecular weight is 390 g/mol. The summed E-state index contributed by atoms with van der Waals surface area (Å²) in [6.07, 6.45) is 0. The van der Waals surface area contributed by atoms with Crippen LogP contribution in [-0.2, 0) is 11.3 Å². The van der Waals surface area contributed by atoms with Gasteiger partial charge in [0.15, 0.2) is 6.61 Å². The molecule has 25 heavy (non-hydrogen) atoms. The van der Waals surface area contributed by atoms with Crippen LogP contribution in [0.15, 0.2) is 42.5 Å². The lowest BCUT2D eigenvalue weighted by atomic mass is 10.2. The molecule has 0 fully saturated rings. The van der Waals surface area contributed by atoms with E-state index in [0.29, 0.717) is 22.3 Å². The van der Waals surface area contributed by atoms with E-state index in [1.165, 1.54) is 23.1 Å². The van der Waals surface area contributed by atoms with Gasteiger partial charge in [0, 0.05) is 18.6 Å². The maximum Gasteiger partial charge on any atom is 0.387 e. The van der Waals surface area contributed by atoms with Crippen molar-refractivity contribution in [1.29, 1.82) is 0 Å². The molecule has 2 aromatic rings. The van der Waals surface area contributed by atoms with Crippen LogP contribution in [0.4, 0.5) is 8.78 Å². The van der Waals surface area contributed by atoms with Crippen molar-refractivity contribution in [2.75, 3.05) is 13.7 Å². The Bertz CT molecular complexity index is 726. The van der Waals surface area contributed by atoms with Gasteiger partial charge in [-0.15, -0.1) is 0 Å². The van der Waals surface area contributed by atoms with Crippen LogP contribution < -0.4 is 9.47 Å². The molecule has 0 saturated heterocycles. The van der Waals surface area contributed by atoms with E-state index in [4.69, 9.17) is 27.9 Å². The van der Waals surface area contributed by atoms with Crippen molar-refractivity contribution < 1.29 is 23.0 Å². The van der Waals surface area contributed by atoms with Crippen molar-refractivity contribution in [1.82, 2.24) is 4.90 Å². The Morgan fingerprint density at radius 2 is 1.84 bits per heavy atom. The Hall–Kier alpha value is -2.05. The van der Waals surface area contributed by atoms with E-state index in [2.05, 4.69) is 4.74 Å². The molecular formula is C17H15Cl2F2NO3. The highest BCUT2D eigenvalue weighted by Gasteiger charge is 2.12. The van der Waals surface area contributed by atoms with Gasteiger partial charge < -0.3 is 14.4 Å². The van der Waals surface area contributed by atoms with Crippen LogP contribution in [0.5, 0.6) is 11.5 Å². The third-order valence-corrected chi connectivity index (χ3v) is 3.77.